The fourth-order valence-corrected chi connectivity index (χ4v) is 3.13. The molecule has 2 heterocycles. The van der Waals surface area contributed by atoms with Crippen LogP contribution in [-0.4, -0.2) is 57.1 Å². The molecule has 1 aromatic carbocycles. The van der Waals surface area contributed by atoms with Crippen LogP contribution in [0.25, 0.3) is 0 Å². The SMILES string of the molecule is O[C@H](COc1ccc(F)cc1)CN1CCC[C@H](Cn2cncn2)C1. The third-order valence-corrected chi connectivity index (χ3v) is 4.24. The summed E-state index contributed by atoms with van der Waals surface area (Å²) in [6, 6.07) is 5.83. The summed E-state index contributed by atoms with van der Waals surface area (Å²) in [4.78, 5) is 6.24. The molecule has 0 amide bonds. The lowest BCUT2D eigenvalue weighted by atomic mass is 9.98. The summed E-state index contributed by atoms with van der Waals surface area (Å²) < 4.78 is 20.2. The number of hydrogen-bond donors (Lipinski definition) is 1. The Morgan fingerprint density at radius 3 is 2.92 bits per heavy atom. The topological polar surface area (TPSA) is 63.4 Å². The van der Waals surface area contributed by atoms with E-state index in [1.807, 2.05) is 4.68 Å². The molecular formula is C17H23FN4O2. The van der Waals surface area contributed by atoms with Crippen LogP contribution in [0.3, 0.4) is 0 Å². The fourth-order valence-electron chi connectivity index (χ4n) is 3.13. The first-order valence-corrected chi connectivity index (χ1v) is 8.30. The Hall–Kier alpha value is -1.99. The van der Waals surface area contributed by atoms with Gasteiger partial charge < -0.3 is 14.7 Å². The third kappa shape index (κ3) is 5.01. The van der Waals surface area contributed by atoms with E-state index in [2.05, 4.69) is 15.0 Å². The Morgan fingerprint density at radius 1 is 1.33 bits per heavy atom. The number of ether oxygens (including phenoxy) is 1. The largest absolute Gasteiger partial charge is 0.491 e. The van der Waals surface area contributed by atoms with Crippen molar-refractivity contribution < 1.29 is 14.2 Å². The van der Waals surface area contributed by atoms with Crippen LogP contribution in [0.2, 0.25) is 0 Å². The Morgan fingerprint density at radius 2 is 2.17 bits per heavy atom. The highest BCUT2D eigenvalue weighted by Gasteiger charge is 2.22. The molecule has 0 unspecified atom stereocenters. The minimum Gasteiger partial charge on any atom is -0.491 e. The maximum atomic E-state index is 12.8. The third-order valence-electron chi connectivity index (χ3n) is 4.24. The van der Waals surface area contributed by atoms with Gasteiger partial charge >= 0.3 is 0 Å². The van der Waals surface area contributed by atoms with Crippen molar-refractivity contribution in [2.24, 2.45) is 5.92 Å². The Kier molecular flexibility index (Phi) is 5.77. The van der Waals surface area contributed by atoms with Gasteiger partial charge in [0, 0.05) is 19.6 Å². The molecule has 2 aromatic rings. The van der Waals surface area contributed by atoms with Gasteiger partial charge in [-0.15, -0.1) is 0 Å². The Balaban J connectivity index is 1.41. The Bertz CT molecular complexity index is 606. The molecule has 0 saturated carbocycles. The number of aliphatic hydroxyl groups is 1. The number of hydrogen-bond acceptors (Lipinski definition) is 5. The maximum absolute atomic E-state index is 12.8. The monoisotopic (exact) mass is 334 g/mol. The molecule has 1 aliphatic rings. The molecule has 1 fully saturated rings. The van der Waals surface area contributed by atoms with E-state index in [9.17, 15) is 9.50 Å². The molecule has 130 valence electrons. The number of β-amino-alcohol motifs (C(OH)–C–C–N with tert-alkyl or cyclic N) is 1. The molecule has 0 radical (unpaired) electrons. The van der Waals surface area contributed by atoms with E-state index in [4.69, 9.17) is 4.74 Å². The van der Waals surface area contributed by atoms with Gasteiger partial charge in [-0.25, -0.2) is 9.37 Å². The highest BCUT2D eigenvalue weighted by Crippen LogP contribution is 2.18. The number of aliphatic hydroxyl groups excluding tert-OH is 1. The van der Waals surface area contributed by atoms with Crippen LogP contribution in [-0.2, 0) is 6.54 Å². The minimum absolute atomic E-state index is 0.204. The van der Waals surface area contributed by atoms with Crippen LogP contribution < -0.4 is 4.74 Å². The van der Waals surface area contributed by atoms with Gasteiger partial charge in [0.15, 0.2) is 0 Å². The van der Waals surface area contributed by atoms with Crippen LogP contribution in [0, 0.1) is 11.7 Å². The van der Waals surface area contributed by atoms with Gasteiger partial charge in [-0.05, 0) is 49.6 Å². The van der Waals surface area contributed by atoms with E-state index < -0.39 is 6.10 Å². The van der Waals surface area contributed by atoms with Crippen molar-refractivity contribution >= 4 is 0 Å². The second-order valence-electron chi connectivity index (χ2n) is 6.30. The first-order valence-electron chi connectivity index (χ1n) is 8.30. The van der Waals surface area contributed by atoms with Gasteiger partial charge in [-0.3, -0.25) is 4.68 Å². The van der Waals surface area contributed by atoms with Gasteiger partial charge in [0.05, 0.1) is 0 Å². The molecule has 1 N–H and O–H groups in total. The highest BCUT2D eigenvalue weighted by molar-refractivity contribution is 5.22. The Labute approximate surface area is 140 Å². The second-order valence-corrected chi connectivity index (χ2v) is 6.30. The van der Waals surface area contributed by atoms with Crippen molar-refractivity contribution in [3.8, 4) is 5.75 Å². The predicted octanol–water partition coefficient (Wildman–Crippen LogP) is 1.57. The number of rotatable bonds is 7. The fraction of sp³-hybridized carbons (Fsp3) is 0.529. The van der Waals surface area contributed by atoms with Crippen molar-refractivity contribution in [3.05, 3.63) is 42.7 Å². The molecule has 2 atom stereocenters. The number of halogens is 1. The smallest absolute Gasteiger partial charge is 0.137 e. The van der Waals surface area contributed by atoms with Crippen molar-refractivity contribution in [2.45, 2.75) is 25.5 Å². The lowest BCUT2D eigenvalue weighted by Crippen LogP contribution is -2.42. The van der Waals surface area contributed by atoms with E-state index in [1.54, 1.807) is 24.8 Å². The van der Waals surface area contributed by atoms with Crippen LogP contribution in [0.1, 0.15) is 12.8 Å². The zero-order chi connectivity index (χ0) is 16.8. The van der Waals surface area contributed by atoms with Crippen LogP contribution in [0.15, 0.2) is 36.9 Å². The van der Waals surface area contributed by atoms with Crippen LogP contribution >= 0.6 is 0 Å². The summed E-state index contributed by atoms with van der Waals surface area (Å²) in [5.74, 6) is 0.790. The van der Waals surface area contributed by atoms with Crippen molar-refractivity contribution in [1.29, 1.82) is 0 Å². The van der Waals surface area contributed by atoms with E-state index in [0.29, 0.717) is 18.2 Å². The summed E-state index contributed by atoms with van der Waals surface area (Å²) in [6.45, 7) is 3.57. The molecule has 1 aliphatic heterocycles. The summed E-state index contributed by atoms with van der Waals surface area (Å²) in [6.07, 6.45) is 5.01. The van der Waals surface area contributed by atoms with Gasteiger partial charge in [0.25, 0.3) is 0 Å². The molecule has 7 heteroatoms. The first-order chi connectivity index (χ1) is 11.7. The molecule has 0 spiro atoms. The van der Waals surface area contributed by atoms with E-state index in [0.717, 1.165) is 26.1 Å². The van der Waals surface area contributed by atoms with E-state index >= 15 is 0 Å². The normalized spacial score (nSPS) is 20.0. The zero-order valence-electron chi connectivity index (χ0n) is 13.6. The van der Waals surface area contributed by atoms with Gasteiger partial charge in [-0.1, -0.05) is 0 Å². The van der Waals surface area contributed by atoms with Crippen molar-refractivity contribution in [2.75, 3.05) is 26.2 Å². The molecule has 3 rings (SSSR count). The number of piperidine rings is 1. The molecular weight excluding hydrogens is 311 g/mol. The van der Waals surface area contributed by atoms with E-state index in [1.165, 1.54) is 18.6 Å². The molecule has 1 aromatic heterocycles. The number of benzene rings is 1. The van der Waals surface area contributed by atoms with E-state index in [-0.39, 0.29) is 12.4 Å². The van der Waals surface area contributed by atoms with Crippen LogP contribution in [0.5, 0.6) is 5.75 Å². The lowest BCUT2D eigenvalue weighted by molar-refractivity contribution is 0.0494. The zero-order valence-corrected chi connectivity index (χ0v) is 13.6. The van der Waals surface area contributed by atoms with Gasteiger partial charge in [0.1, 0.15) is 36.9 Å². The average molecular weight is 334 g/mol. The lowest BCUT2D eigenvalue weighted by Gasteiger charge is -2.33. The standard InChI is InChI=1S/C17H23FN4O2/c18-15-3-5-17(6-4-15)24-11-16(23)10-21-7-1-2-14(8-21)9-22-13-19-12-20-22/h3-6,12-14,16,23H,1-2,7-11H2/t14-,16-/m0/s1. The van der Waals surface area contributed by atoms with Crippen molar-refractivity contribution in [3.63, 3.8) is 0 Å². The number of aromatic nitrogens is 3. The predicted molar refractivity (Wildman–Crippen MR) is 87.1 cm³/mol. The summed E-state index contributed by atoms with van der Waals surface area (Å²) >= 11 is 0. The molecule has 0 bridgehead atoms. The van der Waals surface area contributed by atoms with Gasteiger partial charge in [-0.2, -0.15) is 5.10 Å². The quantitative estimate of drug-likeness (QED) is 0.833. The number of likely N-dealkylation sites (tertiary alicyclic amines) is 1. The van der Waals surface area contributed by atoms with Crippen LogP contribution in [0.4, 0.5) is 4.39 Å². The van der Waals surface area contributed by atoms with Crippen molar-refractivity contribution in [1.82, 2.24) is 19.7 Å². The summed E-state index contributed by atoms with van der Waals surface area (Å²) in [5, 5.41) is 14.3. The number of nitrogens with zero attached hydrogens (tertiary/aromatic N) is 4. The molecule has 24 heavy (non-hydrogen) atoms. The average Bonchev–Trinajstić information content (AvgIpc) is 3.08. The van der Waals surface area contributed by atoms with Gasteiger partial charge in [0.2, 0.25) is 0 Å². The molecule has 6 nitrogen and oxygen atoms in total. The highest BCUT2D eigenvalue weighted by atomic mass is 19.1. The maximum Gasteiger partial charge on any atom is 0.137 e. The summed E-state index contributed by atoms with van der Waals surface area (Å²) in [5.41, 5.74) is 0. The molecule has 0 aliphatic carbocycles. The second kappa shape index (κ2) is 8.21. The minimum atomic E-state index is -0.569. The summed E-state index contributed by atoms with van der Waals surface area (Å²) in [7, 11) is 0. The molecule has 1 saturated heterocycles. The first kappa shape index (κ1) is 16.9.